The van der Waals surface area contributed by atoms with E-state index >= 15 is 0 Å². The molecular formula is C7H12N3OP. The minimum Gasteiger partial charge on any atom is -0.359 e. The second-order valence-electron chi connectivity index (χ2n) is 2.62. The largest absolute Gasteiger partial charge is 0.359 e. The molecule has 0 spiro atoms. The Morgan fingerprint density at radius 1 is 1.33 bits per heavy atom. The monoisotopic (exact) mass is 185 g/mol. The Bertz CT molecular complexity index is 194. The van der Waals surface area contributed by atoms with Crippen LogP contribution < -0.4 is 0 Å². The first-order valence-electron chi connectivity index (χ1n) is 3.54. The molecule has 0 aromatic rings. The van der Waals surface area contributed by atoms with Crippen LogP contribution in [-0.4, -0.2) is 28.3 Å². The molecule has 12 heavy (non-hydrogen) atoms. The third-order valence-electron chi connectivity index (χ3n) is 1.37. The molecule has 0 aromatic heterocycles. The molecule has 66 valence electrons. The number of rotatable bonds is 3. The molecule has 0 aromatic carbocycles. The highest BCUT2D eigenvalue weighted by molar-refractivity contribution is 7.48. The minimum absolute atomic E-state index is 0.00964. The van der Waals surface area contributed by atoms with E-state index in [1.807, 2.05) is 26.0 Å². The van der Waals surface area contributed by atoms with Crippen LogP contribution in [0.15, 0.2) is 0 Å². The van der Waals surface area contributed by atoms with E-state index in [4.69, 9.17) is 10.5 Å². The highest BCUT2D eigenvalue weighted by Gasteiger charge is 2.24. The van der Waals surface area contributed by atoms with Gasteiger partial charge in [-0.3, -0.25) is 0 Å². The van der Waals surface area contributed by atoms with Crippen LogP contribution in [-0.2, 0) is 0 Å². The summed E-state index contributed by atoms with van der Waals surface area (Å²) >= 11 is 0. The standard InChI is InChI=1S/C7H12N3OP/c1-6(2)10(12(3)11)7(4-8)5-9/h6-7,11H,1-3H3. The molecule has 0 fully saturated rings. The van der Waals surface area contributed by atoms with Crippen molar-refractivity contribution in [2.75, 3.05) is 6.66 Å². The molecule has 0 saturated heterocycles. The van der Waals surface area contributed by atoms with Crippen molar-refractivity contribution in [1.29, 1.82) is 10.5 Å². The van der Waals surface area contributed by atoms with Crippen LogP contribution in [0.3, 0.4) is 0 Å². The third-order valence-corrected chi connectivity index (χ3v) is 2.73. The molecule has 4 nitrogen and oxygen atoms in total. The maximum Gasteiger partial charge on any atom is 0.191 e. The van der Waals surface area contributed by atoms with Crippen molar-refractivity contribution in [1.82, 2.24) is 4.67 Å². The quantitative estimate of drug-likeness (QED) is 0.667. The zero-order valence-electron chi connectivity index (χ0n) is 7.39. The Hall–Kier alpha value is -0.670. The summed E-state index contributed by atoms with van der Waals surface area (Å²) in [5.74, 6) is 0. The molecule has 1 N–H and O–H groups in total. The Kier molecular flexibility index (Phi) is 4.78. The lowest BCUT2D eigenvalue weighted by atomic mass is 10.3. The highest BCUT2D eigenvalue weighted by atomic mass is 31.2. The molecule has 0 aliphatic carbocycles. The smallest absolute Gasteiger partial charge is 0.191 e. The molecule has 0 bridgehead atoms. The van der Waals surface area contributed by atoms with Gasteiger partial charge in [0.25, 0.3) is 0 Å². The van der Waals surface area contributed by atoms with Gasteiger partial charge in [-0.25, -0.2) is 4.67 Å². The van der Waals surface area contributed by atoms with E-state index in [1.54, 1.807) is 6.66 Å². The van der Waals surface area contributed by atoms with Crippen molar-refractivity contribution in [2.24, 2.45) is 0 Å². The van der Waals surface area contributed by atoms with Gasteiger partial charge in [-0.1, -0.05) is 0 Å². The third kappa shape index (κ3) is 2.75. The molecule has 0 rings (SSSR count). The number of hydrogen-bond acceptors (Lipinski definition) is 4. The van der Waals surface area contributed by atoms with Gasteiger partial charge in [-0.05, 0) is 20.5 Å². The van der Waals surface area contributed by atoms with Crippen molar-refractivity contribution < 1.29 is 4.89 Å². The fourth-order valence-corrected chi connectivity index (χ4v) is 2.05. The molecule has 5 heteroatoms. The van der Waals surface area contributed by atoms with E-state index in [0.717, 1.165) is 0 Å². The van der Waals surface area contributed by atoms with Crippen LogP contribution in [0.1, 0.15) is 13.8 Å². The average Bonchev–Trinajstić information content (AvgIpc) is 1.98. The zero-order chi connectivity index (χ0) is 9.72. The molecular weight excluding hydrogens is 173 g/mol. The van der Waals surface area contributed by atoms with Gasteiger partial charge in [-0.15, -0.1) is 0 Å². The van der Waals surface area contributed by atoms with Gasteiger partial charge in [-0.2, -0.15) is 10.5 Å². The van der Waals surface area contributed by atoms with Crippen LogP contribution in [0.2, 0.25) is 0 Å². The summed E-state index contributed by atoms with van der Waals surface area (Å²) in [6.07, 6.45) is 0. The summed E-state index contributed by atoms with van der Waals surface area (Å²) in [4.78, 5) is 9.30. The first-order valence-corrected chi connectivity index (χ1v) is 5.24. The maximum atomic E-state index is 9.30. The van der Waals surface area contributed by atoms with Gasteiger partial charge in [0.1, 0.15) is 0 Å². The summed E-state index contributed by atoms with van der Waals surface area (Å²) in [6, 6.07) is 2.84. The van der Waals surface area contributed by atoms with Crippen LogP contribution in [0, 0.1) is 22.7 Å². The Morgan fingerprint density at radius 2 is 1.75 bits per heavy atom. The number of hydrogen-bond donors (Lipinski definition) is 1. The molecule has 0 aliphatic rings. The van der Waals surface area contributed by atoms with Gasteiger partial charge in [0, 0.05) is 6.04 Å². The highest BCUT2D eigenvalue weighted by Crippen LogP contribution is 2.34. The van der Waals surface area contributed by atoms with Gasteiger partial charge in [0.2, 0.25) is 0 Å². The van der Waals surface area contributed by atoms with Gasteiger partial charge in [0.05, 0.1) is 20.4 Å². The second kappa shape index (κ2) is 5.06. The van der Waals surface area contributed by atoms with Crippen LogP contribution in [0.4, 0.5) is 0 Å². The first kappa shape index (κ1) is 11.3. The van der Waals surface area contributed by atoms with Gasteiger partial charge in [0.15, 0.2) is 6.04 Å². The summed E-state index contributed by atoms with van der Waals surface area (Å²) in [5.41, 5.74) is 0. The SMILES string of the molecule is CC(C)N(C(C#N)C#N)P(C)O. The summed E-state index contributed by atoms with van der Waals surface area (Å²) in [6.45, 7) is 5.30. The fourth-order valence-electron chi connectivity index (χ4n) is 0.947. The topological polar surface area (TPSA) is 71.0 Å². The van der Waals surface area contributed by atoms with E-state index in [9.17, 15) is 4.89 Å². The first-order chi connectivity index (χ1) is 5.54. The molecule has 0 radical (unpaired) electrons. The Morgan fingerprint density at radius 3 is 1.83 bits per heavy atom. The maximum absolute atomic E-state index is 9.30. The van der Waals surface area contributed by atoms with Crippen LogP contribution >= 0.6 is 8.30 Å². The van der Waals surface area contributed by atoms with E-state index in [-0.39, 0.29) is 6.04 Å². The van der Waals surface area contributed by atoms with Crippen molar-refractivity contribution >= 4 is 8.30 Å². The van der Waals surface area contributed by atoms with Crippen molar-refractivity contribution in [3.05, 3.63) is 0 Å². The van der Waals surface area contributed by atoms with E-state index in [2.05, 4.69) is 0 Å². The van der Waals surface area contributed by atoms with Crippen molar-refractivity contribution in [3.63, 3.8) is 0 Å². The van der Waals surface area contributed by atoms with Gasteiger partial charge < -0.3 is 4.89 Å². The lowest BCUT2D eigenvalue weighted by Gasteiger charge is -2.28. The Balaban J connectivity index is 4.54. The predicted molar refractivity (Wildman–Crippen MR) is 47.1 cm³/mol. The van der Waals surface area contributed by atoms with Crippen molar-refractivity contribution in [3.8, 4) is 12.1 Å². The Labute approximate surface area is 73.9 Å². The molecule has 0 heterocycles. The number of nitriles is 2. The average molecular weight is 185 g/mol. The summed E-state index contributed by atoms with van der Waals surface area (Å²) in [7, 11) is -1.37. The predicted octanol–water partition coefficient (Wildman–Crippen LogP) is 1.05. The summed E-state index contributed by atoms with van der Waals surface area (Å²) < 4.78 is 1.51. The molecule has 0 saturated carbocycles. The lowest BCUT2D eigenvalue weighted by Crippen LogP contribution is -2.34. The van der Waals surface area contributed by atoms with E-state index in [0.29, 0.717) is 0 Å². The van der Waals surface area contributed by atoms with Gasteiger partial charge >= 0.3 is 0 Å². The second-order valence-corrected chi connectivity index (χ2v) is 4.06. The van der Waals surface area contributed by atoms with Crippen LogP contribution in [0.25, 0.3) is 0 Å². The molecule has 0 aliphatic heterocycles. The lowest BCUT2D eigenvalue weighted by molar-refractivity contribution is 0.347. The van der Waals surface area contributed by atoms with Crippen molar-refractivity contribution in [2.45, 2.75) is 25.9 Å². The van der Waals surface area contributed by atoms with E-state index in [1.165, 1.54) is 4.67 Å². The fraction of sp³-hybridized carbons (Fsp3) is 0.714. The molecule has 1 atom stereocenters. The minimum atomic E-state index is -1.37. The normalized spacial score (nSPS) is 13.1. The zero-order valence-corrected chi connectivity index (χ0v) is 8.29. The summed E-state index contributed by atoms with van der Waals surface area (Å²) in [5, 5.41) is 17.2. The van der Waals surface area contributed by atoms with E-state index < -0.39 is 14.3 Å². The number of nitrogens with zero attached hydrogens (tertiary/aromatic N) is 3. The van der Waals surface area contributed by atoms with Crippen LogP contribution in [0.5, 0.6) is 0 Å². The molecule has 1 unspecified atom stereocenters. The molecule has 0 amide bonds.